The Morgan fingerprint density at radius 1 is 1.35 bits per heavy atom. The van der Waals surface area contributed by atoms with Crippen LogP contribution in [-0.4, -0.2) is 36.5 Å². The molecular formula is C14H26N2O. The monoisotopic (exact) mass is 238 g/mol. The summed E-state index contributed by atoms with van der Waals surface area (Å²) >= 11 is 0. The molecule has 0 spiro atoms. The summed E-state index contributed by atoms with van der Waals surface area (Å²) in [5.74, 6) is 1.41. The van der Waals surface area contributed by atoms with Crippen molar-refractivity contribution in [3.05, 3.63) is 0 Å². The summed E-state index contributed by atoms with van der Waals surface area (Å²) in [5.41, 5.74) is 0. The second-order valence-corrected chi connectivity index (χ2v) is 5.81. The average molecular weight is 238 g/mol. The minimum atomic E-state index is 0.242. The Morgan fingerprint density at radius 3 is 2.82 bits per heavy atom. The van der Waals surface area contributed by atoms with Gasteiger partial charge < -0.3 is 10.2 Å². The van der Waals surface area contributed by atoms with Gasteiger partial charge in [-0.2, -0.15) is 0 Å². The Bertz CT molecular complexity index is 259. The topological polar surface area (TPSA) is 32.3 Å². The molecule has 98 valence electrons. The van der Waals surface area contributed by atoms with Crippen molar-refractivity contribution >= 4 is 5.91 Å². The van der Waals surface area contributed by atoms with Crippen LogP contribution in [0.15, 0.2) is 0 Å². The maximum Gasteiger partial charge on any atom is 0.226 e. The van der Waals surface area contributed by atoms with Crippen molar-refractivity contribution in [3.63, 3.8) is 0 Å². The molecule has 2 aliphatic rings. The molecule has 2 saturated heterocycles. The highest BCUT2D eigenvalue weighted by Gasteiger charge is 2.31. The van der Waals surface area contributed by atoms with Crippen LogP contribution in [0.25, 0.3) is 0 Å². The van der Waals surface area contributed by atoms with Gasteiger partial charge in [0.15, 0.2) is 0 Å². The number of amides is 1. The molecule has 3 heteroatoms. The van der Waals surface area contributed by atoms with E-state index >= 15 is 0 Å². The number of rotatable bonds is 3. The quantitative estimate of drug-likeness (QED) is 0.816. The Morgan fingerprint density at radius 2 is 2.18 bits per heavy atom. The van der Waals surface area contributed by atoms with Crippen molar-refractivity contribution in [2.75, 3.05) is 19.6 Å². The van der Waals surface area contributed by atoms with Gasteiger partial charge in [0.05, 0.1) is 5.92 Å². The lowest BCUT2D eigenvalue weighted by atomic mass is 9.94. The summed E-state index contributed by atoms with van der Waals surface area (Å²) in [4.78, 5) is 14.5. The predicted molar refractivity (Wildman–Crippen MR) is 69.8 cm³/mol. The fraction of sp³-hybridized carbons (Fsp3) is 0.929. The van der Waals surface area contributed by atoms with Crippen LogP contribution in [0, 0.1) is 11.8 Å². The minimum absolute atomic E-state index is 0.242. The number of nitrogens with zero attached hydrogens (tertiary/aromatic N) is 1. The lowest BCUT2D eigenvalue weighted by molar-refractivity contribution is -0.135. The predicted octanol–water partition coefficient (Wildman–Crippen LogP) is 2.02. The standard InChI is InChI=1S/C14H26N2O/c1-3-4-12-7-8-16(10-12)14(17)13-6-5-11(2)15-9-13/h11-13,15H,3-10H2,1-2H3. The Balaban J connectivity index is 1.80. The van der Waals surface area contributed by atoms with Crippen LogP contribution in [0.4, 0.5) is 0 Å². The molecule has 0 saturated carbocycles. The van der Waals surface area contributed by atoms with Crippen molar-refractivity contribution in [2.24, 2.45) is 11.8 Å². The molecule has 0 radical (unpaired) electrons. The van der Waals surface area contributed by atoms with Gasteiger partial charge in [-0.1, -0.05) is 13.3 Å². The zero-order chi connectivity index (χ0) is 12.3. The van der Waals surface area contributed by atoms with Crippen LogP contribution in [0.1, 0.15) is 46.0 Å². The van der Waals surface area contributed by atoms with Gasteiger partial charge in [-0.15, -0.1) is 0 Å². The summed E-state index contributed by atoms with van der Waals surface area (Å²) in [6, 6.07) is 0.588. The molecule has 3 unspecified atom stereocenters. The molecule has 0 aliphatic carbocycles. The molecular weight excluding hydrogens is 212 g/mol. The summed E-state index contributed by atoms with van der Waals surface area (Å²) in [5, 5.41) is 3.43. The zero-order valence-corrected chi connectivity index (χ0v) is 11.2. The first kappa shape index (κ1) is 12.9. The molecule has 2 aliphatic heterocycles. The van der Waals surface area contributed by atoms with Gasteiger partial charge >= 0.3 is 0 Å². The Hall–Kier alpha value is -0.570. The van der Waals surface area contributed by atoms with E-state index in [1.54, 1.807) is 0 Å². The molecule has 1 N–H and O–H groups in total. The second kappa shape index (κ2) is 5.85. The van der Waals surface area contributed by atoms with E-state index in [1.165, 1.54) is 19.3 Å². The van der Waals surface area contributed by atoms with Crippen molar-refractivity contribution < 1.29 is 4.79 Å². The molecule has 0 bridgehead atoms. The maximum atomic E-state index is 12.3. The van der Waals surface area contributed by atoms with Gasteiger partial charge in [-0.25, -0.2) is 0 Å². The second-order valence-electron chi connectivity index (χ2n) is 5.81. The van der Waals surface area contributed by atoms with E-state index < -0.39 is 0 Å². The lowest BCUT2D eigenvalue weighted by Crippen LogP contribution is -2.45. The van der Waals surface area contributed by atoms with Gasteiger partial charge in [0.2, 0.25) is 5.91 Å². The van der Waals surface area contributed by atoms with Gasteiger partial charge in [-0.05, 0) is 38.5 Å². The highest BCUT2D eigenvalue weighted by molar-refractivity contribution is 5.79. The molecule has 0 aromatic rings. The smallest absolute Gasteiger partial charge is 0.226 e. The highest BCUT2D eigenvalue weighted by atomic mass is 16.2. The fourth-order valence-electron chi connectivity index (χ4n) is 3.14. The van der Waals surface area contributed by atoms with E-state index in [0.29, 0.717) is 11.9 Å². The van der Waals surface area contributed by atoms with E-state index in [2.05, 4.69) is 24.1 Å². The van der Waals surface area contributed by atoms with Crippen LogP contribution in [0.2, 0.25) is 0 Å². The fourth-order valence-corrected chi connectivity index (χ4v) is 3.14. The third kappa shape index (κ3) is 3.21. The number of hydrogen-bond acceptors (Lipinski definition) is 2. The van der Waals surface area contributed by atoms with Crippen molar-refractivity contribution in [1.82, 2.24) is 10.2 Å². The van der Waals surface area contributed by atoms with E-state index in [0.717, 1.165) is 38.4 Å². The largest absolute Gasteiger partial charge is 0.342 e. The average Bonchev–Trinajstić information content (AvgIpc) is 2.78. The SMILES string of the molecule is CCCC1CCN(C(=O)C2CCC(C)NC2)C1. The van der Waals surface area contributed by atoms with E-state index in [1.807, 2.05) is 0 Å². The summed E-state index contributed by atoms with van der Waals surface area (Å²) in [6.07, 6.45) is 5.96. The van der Waals surface area contributed by atoms with Gasteiger partial charge in [0, 0.05) is 25.7 Å². The summed E-state index contributed by atoms with van der Waals surface area (Å²) in [6.45, 7) is 7.33. The third-order valence-electron chi connectivity index (χ3n) is 4.30. The Labute approximate surface area is 105 Å². The van der Waals surface area contributed by atoms with Crippen molar-refractivity contribution in [1.29, 1.82) is 0 Å². The highest BCUT2D eigenvalue weighted by Crippen LogP contribution is 2.24. The molecule has 2 rings (SSSR count). The number of hydrogen-bond donors (Lipinski definition) is 1. The first-order chi connectivity index (χ1) is 8.20. The van der Waals surface area contributed by atoms with Crippen LogP contribution >= 0.6 is 0 Å². The molecule has 3 nitrogen and oxygen atoms in total. The molecule has 3 atom stereocenters. The van der Waals surface area contributed by atoms with Gasteiger partial charge in [-0.3, -0.25) is 4.79 Å². The number of likely N-dealkylation sites (tertiary alicyclic amines) is 1. The lowest BCUT2D eigenvalue weighted by Gasteiger charge is -2.30. The number of piperidine rings is 1. The summed E-state index contributed by atoms with van der Waals surface area (Å²) in [7, 11) is 0. The molecule has 2 heterocycles. The zero-order valence-electron chi connectivity index (χ0n) is 11.2. The molecule has 0 aromatic carbocycles. The number of carbonyl (C=O) groups is 1. The summed E-state index contributed by atoms with van der Waals surface area (Å²) < 4.78 is 0. The van der Waals surface area contributed by atoms with Gasteiger partial charge in [0.25, 0.3) is 0 Å². The minimum Gasteiger partial charge on any atom is -0.342 e. The van der Waals surface area contributed by atoms with E-state index in [4.69, 9.17) is 0 Å². The van der Waals surface area contributed by atoms with Crippen LogP contribution < -0.4 is 5.32 Å². The third-order valence-corrected chi connectivity index (χ3v) is 4.30. The molecule has 0 aromatic heterocycles. The first-order valence-electron chi connectivity index (χ1n) is 7.23. The Kier molecular flexibility index (Phi) is 4.43. The van der Waals surface area contributed by atoms with Gasteiger partial charge in [0.1, 0.15) is 0 Å². The molecule has 1 amide bonds. The first-order valence-corrected chi connectivity index (χ1v) is 7.23. The van der Waals surface area contributed by atoms with Crippen LogP contribution in [0.3, 0.4) is 0 Å². The number of nitrogens with one attached hydrogen (secondary N) is 1. The number of carbonyl (C=O) groups excluding carboxylic acids is 1. The van der Waals surface area contributed by atoms with Crippen molar-refractivity contribution in [3.8, 4) is 0 Å². The van der Waals surface area contributed by atoms with E-state index in [9.17, 15) is 4.79 Å². The maximum absolute atomic E-state index is 12.3. The van der Waals surface area contributed by atoms with Crippen LogP contribution in [0.5, 0.6) is 0 Å². The molecule has 17 heavy (non-hydrogen) atoms. The van der Waals surface area contributed by atoms with Crippen LogP contribution in [-0.2, 0) is 4.79 Å². The molecule has 2 fully saturated rings. The van der Waals surface area contributed by atoms with Crippen molar-refractivity contribution in [2.45, 2.75) is 52.0 Å². The normalized spacial score (nSPS) is 34.0. The van der Waals surface area contributed by atoms with E-state index in [-0.39, 0.29) is 5.92 Å².